The fraction of sp³-hybridized carbons (Fsp3) is 0.780. The van der Waals surface area contributed by atoms with Gasteiger partial charge in [0.1, 0.15) is 54.9 Å². The number of aliphatic hydroxyl groups is 7. The standard InChI is InChI=1S/C59H102O14/c1-3-5-7-9-11-13-15-17-19-21-22-23-24-25-27-29-31-33-35-37-39-41-43-68-45-48(71-51(61)42-40-38-36-34-32-30-28-26-20-18-16-14-12-10-8-6-4-2)46-69-58-57(67)55(65)53(63)50(73-58)47-70-59-56(66)54(64)52(62)49(44-60)72-59/h6,8,12,14-15,17-18,20-22,28,30,48-50,52-60,62-67H,3-5,7,9-11,13,16,19,23-27,29,31-47H2,1-2H3/b8-6-,14-12-,17-15-,20-18-,22-21-,30-28-. The van der Waals surface area contributed by atoms with Crippen LogP contribution in [0.4, 0.5) is 0 Å². The normalized spacial score (nSPS) is 25.5. The van der Waals surface area contributed by atoms with E-state index in [0.29, 0.717) is 13.0 Å². The number of esters is 1. The van der Waals surface area contributed by atoms with Crippen molar-refractivity contribution in [3.05, 3.63) is 72.9 Å². The number of ether oxygens (including phenoxy) is 6. The number of carbonyl (C=O) groups is 1. The highest BCUT2D eigenvalue weighted by atomic mass is 16.7. The second-order valence-corrected chi connectivity index (χ2v) is 19.7. The van der Waals surface area contributed by atoms with Gasteiger partial charge in [-0.25, -0.2) is 0 Å². The zero-order chi connectivity index (χ0) is 53.0. The Morgan fingerprint density at radius 3 is 1.40 bits per heavy atom. The van der Waals surface area contributed by atoms with E-state index in [2.05, 4.69) is 86.8 Å². The van der Waals surface area contributed by atoms with Gasteiger partial charge in [0.25, 0.3) is 0 Å². The molecule has 14 nitrogen and oxygen atoms in total. The van der Waals surface area contributed by atoms with E-state index in [1.165, 1.54) is 89.9 Å². The highest BCUT2D eigenvalue weighted by molar-refractivity contribution is 5.69. The van der Waals surface area contributed by atoms with Gasteiger partial charge in [-0.15, -0.1) is 0 Å². The van der Waals surface area contributed by atoms with Crippen LogP contribution in [0.1, 0.15) is 194 Å². The molecule has 14 heteroatoms. The molecular formula is C59H102O14. The van der Waals surface area contributed by atoms with Gasteiger partial charge >= 0.3 is 5.97 Å². The van der Waals surface area contributed by atoms with Gasteiger partial charge in [-0.2, -0.15) is 0 Å². The van der Waals surface area contributed by atoms with E-state index in [0.717, 1.165) is 77.0 Å². The molecule has 2 rings (SSSR count). The van der Waals surface area contributed by atoms with Gasteiger partial charge < -0.3 is 64.2 Å². The number of allylic oxidation sites excluding steroid dienone is 12. The molecule has 0 aromatic rings. The van der Waals surface area contributed by atoms with E-state index >= 15 is 0 Å². The third kappa shape index (κ3) is 32.6. The molecule has 0 spiro atoms. The number of hydrogen-bond acceptors (Lipinski definition) is 14. The highest BCUT2D eigenvalue weighted by Gasteiger charge is 2.47. The zero-order valence-corrected chi connectivity index (χ0v) is 45.1. The Hall–Kier alpha value is -2.57. The first-order valence-corrected chi connectivity index (χ1v) is 28.5. The monoisotopic (exact) mass is 1030 g/mol. The zero-order valence-electron chi connectivity index (χ0n) is 45.1. The van der Waals surface area contributed by atoms with Crippen LogP contribution in [0.15, 0.2) is 72.9 Å². The van der Waals surface area contributed by atoms with Gasteiger partial charge in [-0.1, -0.05) is 177 Å². The van der Waals surface area contributed by atoms with Gasteiger partial charge in [0, 0.05) is 13.0 Å². The maximum atomic E-state index is 13.0. The molecular weight excluding hydrogens is 933 g/mol. The summed E-state index contributed by atoms with van der Waals surface area (Å²) in [6, 6.07) is 0. The molecule has 2 aliphatic rings. The van der Waals surface area contributed by atoms with Gasteiger partial charge in [-0.05, 0) is 83.5 Å². The molecule has 2 heterocycles. The third-order valence-electron chi connectivity index (χ3n) is 13.2. The Balaban J connectivity index is 1.73. The first kappa shape index (κ1) is 66.5. The number of rotatable bonds is 45. The number of hydrogen-bond donors (Lipinski definition) is 7. The lowest BCUT2D eigenvalue weighted by Crippen LogP contribution is -2.61. The van der Waals surface area contributed by atoms with Crippen LogP contribution in [-0.4, -0.2) is 142 Å². The number of carbonyl (C=O) groups excluding carboxylic acids is 1. The summed E-state index contributed by atoms with van der Waals surface area (Å²) in [5.41, 5.74) is 0. The summed E-state index contributed by atoms with van der Waals surface area (Å²) in [5, 5.41) is 72.3. The minimum Gasteiger partial charge on any atom is -0.457 e. The topological polar surface area (TPSA) is 214 Å². The quantitative estimate of drug-likeness (QED) is 0.0172. The molecule has 11 atom stereocenters. The molecule has 2 fully saturated rings. The lowest BCUT2D eigenvalue weighted by atomic mass is 9.98. The maximum Gasteiger partial charge on any atom is 0.306 e. The molecule has 2 aliphatic heterocycles. The van der Waals surface area contributed by atoms with Crippen molar-refractivity contribution in [1.29, 1.82) is 0 Å². The Kier molecular flexibility index (Phi) is 41.6. The summed E-state index contributed by atoms with van der Waals surface area (Å²) in [5.74, 6) is -0.402. The van der Waals surface area contributed by atoms with E-state index in [4.69, 9.17) is 28.4 Å². The molecule has 7 N–H and O–H groups in total. The van der Waals surface area contributed by atoms with E-state index in [1.807, 2.05) is 0 Å². The molecule has 0 aliphatic carbocycles. The van der Waals surface area contributed by atoms with Gasteiger partial charge in [0.15, 0.2) is 12.6 Å². The fourth-order valence-corrected chi connectivity index (χ4v) is 8.60. The summed E-state index contributed by atoms with van der Waals surface area (Å²) in [6.07, 6.45) is 41.0. The van der Waals surface area contributed by atoms with Crippen molar-refractivity contribution in [3.8, 4) is 0 Å². The van der Waals surface area contributed by atoms with Crippen LogP contribution in [-0.2, 0) is 33.2 Å². The average molecular weight is 1040 g/mol. The Morgan fingerprint density at radius 1 is 0.466 bits per heavy atom. The van der Waals surface area contributed by atoms with E-state index in [1.54, 1.807) is 0 Å². The van der Waals surface area contributed by atoms with Crippen molar-refractivity contribution < 1.29 is 69.0 Å². The SMILES string of the molecule is CC/C=C\C/C=C\C/C=C\C/C=C\CCCCCCC(=O)OC(COCCCCCCCCCCCC/C=C\C/C=C\CCCCCCC)COC1OC(COC2OC(CO)C(O)C(O)C2O)C(O)C(O)C1O. The summed E-state index contributed by atoms with van der Waals surface area (Å²) in [4.78, 5) is 13.0. The van der Waals surface area contributed by atoms with E-state index in [9.17, 15) is 40.5 Å². The molecule has 0 aromatic carbocycles. The van der Waals surface area contributed by atoms with Crippen LogP contribution in [0, 0.1) is 0 Å². The van der Waals surface area contributed by atoms with Crippen molar-refractivity contribution in [2.24, 2.45) is 0 Å². The average Bonchev–Trinajstić information content (AvgIpc) is 3.39. The summed E-state index contributed by atoms with van der Waals surface area (Å²) < 4.78 is 34.3. The molecule has 0 amide bonds. The summed E-state index contributed by atoms with van der Waals surface area (Å²) in [6.45, 7) is 3.52. The highest BCUT2D eigenvalue weighted by Crippen LogP contribution is 2.26. The molecule has 0 bridgehead atoms. The second kappa shape index (κ2) is 45.6. The van der Waals surface area contributed by atoms with Gasteiger partial charge in [-0.3, -0.25) is 4.79 Å². The van der Waals surface area contributed by atoms with E-state index < -0.39 is 86.7 Å². The van der Waals surface area contributed by atoms with Crippen molar-refractivity contribution in [2.45, 2.75) is 261 Å². The van der Waals surface area contributed by atoms with Crippen LogP contribution in [0.3, 0.4) is 0 Å². The van der Waals surface area contributed by atoms with Crippen LogP contribution >= 0.6 is 0 Å². The lowest BCUT2D eigenvalue weighted by molar-refractivity contribution is -0.332. The first-order chi connectivity index (χ1) is 35.6. The van der Waals surface area contributed by atoms with Crippen LogP contribution in [0.2, 0.25) is 0 Å². The van der Waals surface area contributed by atoms with Gasteiger partial charge in [0.05, 0.1) is 26.4 Å². The van der Waals surface area contributed by atoms with Crippen molar-refractivity contribution in [1.82, 2.24) is 0 Å². The Labute approximate surface area is 440 Å². The van der Waals surface area contributed by atoms with Gasteiger partial charge in [0.2, 0.25) is 0 Å². The number of unbranched alkanes of at least 4 members (excludes halogenated alkanes) is 19. The minimum absolute atomic E-state index is 0.0460. The van der Waals surface area contributed by atoms with Crippen molar-refractivity contribution >= 4 is 5.97 Å². The van der Waals surface area contributed by atoms with E-state index in [-0.39, 0.29) is 19.6 Å². The second-order valence-electron chi connectivity index (χ2n) is 19.7. The smallest absolute Gasteiger partial charge is 0.306 e. The molecule has 73 heavy (non-hydrogen) atoms. The molecule has 422 valence electrons. The molecule has 0 radical (unpaired) electrons. The Morgan fingerprint density at radius 2 is 0.890 bits per heavy atom. The maximum absolute atomic E-state index is 13.0. The predicted molar refractivity (Wildman–Crippen MR) is 289 cm³/mol. The van der Waals surface area contributed by atoms with Crippen molar-refractivity contribution in [2.75, 3.05) is 33.0 Å². The minimum atomic E-state index is -1.72. The third-order valence-corrected chi connectivity index (χ3v) is 13.2. The summed E-state index contributed by atoms with van der Waals surface area (Å²) >= 11 is 0. The molecule has 0 aromatic heterocycles. The molecule has 11 unspecified atom stereocenters. The predicted octanol–water partition coefficient (Wildman–Crippen LogP) is 9.86. The fourth-order valence-electron chi connectivity index (χ4n) is 8.60. The largest absolute Gasteiger partial charge is 0.457 e. The van der Waals surface area contributed by atoms with Crippen LogP contribution in [0.25, 0.3) is 0 Å². The van der Waals surface area contributed by atoms with Crippen LogP contribution < -0.4 is 0 Å². The molecule has 0 saturated carbocycles. The first-order valence-electron chi connectivity index (χ1n) is 28.5. The summed E-state index contributed by atoms with van der Waals surface area (Å²) in [7, 11) is 0. The lowest BCUT2D eigenvalue weighted by Gasteiger charge is -2.42. The van der Waals surface area contributed by atoms with Crippen molar-refractivity contribution in [3.63, 3.8) is 0 Å². The van der Waals surface area contributed by atoms with Crippen LogP contribution in [0.5, 0.6) is 0 Å². The molecule has 2 saturated heterocycles. The number of aliphatic hydroxyl groups excluding tert-OH is 7. The Bertz CT molecular complexity index is 1480.